The van der Waals surface area contributed by atoms with Crippen LogP contribution in [0.2, 0.25) is 0 Å². The zero-order valence-electron chi connectivity index (χ0n) is 9.59. The van der Waals surface area contributed by atoms with E-state index in [2.05, 4.69) is 27.0 Å². The van der Waals surface area contributed by atoms with Crippen molar-refractivity contribution in [2.45, 2.75) is 18.9 Å². The topological polar surface area (TPSA) is 32.3 Å². The van der Waals surface area contributed by atoms with Crippen molar-refractivity contribution in [2.75, 3.05) is 19.6 Å². The van der Waals surface area contributed by atoms with E-state index in [4.69, 9.17) is 0 Å². The van der Waals surface area contributed by atoms with E-state index in [1.807, 2.05) is 0 Å². The van der Waals surface area contributed by atoms with Crippen LogP contribution in [0.5, 0.6) is 0 Å². The van der Waals surface area contributed by atoms with Gasteiger partial charge in [0.2, 0.25) is 5.91 Å². The average Bonchev–Trinajstić information content (AvgIpc) is 2.85. The second-order valence-electron chi connectivity index (χ2n) is 4.60. The molecule has 3 rings (SSSR count). The Hall–Kier alpha value is -0.580. The van der Waals surface area contributed by atoms with Crippen LogP contribution in [0.15, 0.2) is 16.8 Å². The summed E-state index contributed by atoms with van der Waals surface area (Å²) >= 11 is 1.72. The van der Waals surface area contributed by atoms with Gasteiger partial charge in [0.15, 0.2) is 0 Å². The highest BCUT2D eigenvalue weighted by Crippen LogP contribution is 2.34. The highest BCUT2D eigenvalue weighted by atomic mass is 35.5. The minimum atomic E-state index is 0. The number of nitrogens with zero attached hydrogens (tertiary/aromatic N) is 1. The zero-order chi connectivity index (χ0) is 11.0. The molecule has 0 spiro atoms. The lowest BCUT2D eigenvalue weighted by Gasteiger charge is -2.33. The molecule has 0 aliphatic carbocycles. The lowest BCUT2D eigenvalue weighted by atomic mass is 10.0. The van der Waals surface area contributed by atoms with Gasteiger partial charge < -0.3 is 10.2 Å². The molecule has 0 saturated carbocycles. The summed E-state index contributed by atoms with van der Waals surface area (Å²) in [6.45, 7) is 2.67. The maximum Gasteiger partial charge on any atom is 0.228 e. The van der Waals surface area contributed by atoms with Crippen molar-refractivity contribution in [3.63, 3.8) is 0 Å². The first-order valence-electron chi connectivity index (χ1n) is 5.89. The second-order valence-corrected chi connectivity index (χ2v) is 5.38. The van der Waals surface area contributed by atoms with Gasteiger partial charge in [-0.15, -0.1) is 12.4 Å². The Morgan fingerprint density at radius 1 is 1.47 bits per heavy atom. The molecule has 3 heterocycles. The van der Waals surface area contributed by atoms with Gasteiger partial charge in [0.05, 0.1) is 12.0 Å². The van der Waals surface area contributed by atoms with E-state index in [0.29, 0.717) is 11.9 Å². The Labute approximate surface area is 112 Å². The van der Waals surface area contributed by atoms with Crippen molar-refractivity contribution in [3.8, 4) is 0 Å². The van der Waals surface area contributed by atoms with Crippen LogP contribution in [0, 0.1) is 5.92 Å². The molecule has 1 amide bonds. The molecule has 0 aromatic carbocycles. The smallest absolute Gasteiger partial charge is 0.228 e. The van der Waals surface area contributed by atoms with Gasteiger partial charge in [-0.3, -0.25) is 4.79 Å². The Morgan fingerprint density at radius 2 is 2.29 bits per heavy atom. The van der Waals surface area contributed by atoms with Gasteiger partial charge in [0, 0.05) is 19.6 Å². The van der Waals surface area contributed by atoms with Gasteiger partial charge in [-0.1, -0.05) is 0 Å². The number of carbonyl (C=O) groups excluding carboxylic acids is 1. The maximum atomic E-state index is 12.2. The van der Waals surface area contributed by atoms with E-state index in [9.17, 15) is 4.79 Å². The lowest BCUT2D eigenvalue weighted by Crippen LogP contribution is -2.51. The van der Waals surface area contributed by atoms with Crippen LogP contribution in [-0.2, 0) is 4.79 Å². The fourth-order valence-corrected chi connectivity index (χ4v) is 3.25. The minimum Gasteiger partial charge on any atom is -0.335 e. The molecule has 0 radical (unpaired) electrons. The van der Waals surface area contributed by atoms with Gasteiger partial charge >= 0.3 is 0 Å². The Kier molecular flexibility index (Phi) is 4.07. The Balaban J connectivity index is 0.00000108. The van der Waals surface area contributed by atoms with Crippen LogP contribution in [0.3, 0.4) is 0 Å². The van der Waals surface area contributed by atoms with Crippen molar-refractivity contribution < 1.29 is 4.79 Å². The molecular weight excluding hydrogens is 256 g/mol. The van der Waals surface area contributed by atoms with Crippen LogP contribution in [-0.4, -0.2) is 30.4 Å². The number of hydrogen-bond acceptors (Lipinski definition) is 3. The van der Waals surface area contributed by atoms with Crippen LogP contribution in [0.1, 0.15) is 24.4 Å². The zero-order valence-corrected chi connectivity index (χ0v) is 11.2. The van der Waals surface area contributed by atoms with Crippen LogP contribution in [0.25, 0.3) is 0 Å². The molecule has 1 aromatic rings. The van der Waals surface area contributed by atoms with E-state index in [1.54, 1.807) is 11.3 Å². The molecular formula is C12H17ClN2OS. The molecule has 1 unspecified atom stereocenters. The lowest BCUT2D eigenvalue weighted by molar-refractivity contribution is -0.138. The summed E-state index contributed by atoms with van der Waals surface area (Å²) in [4.78, 5) is 14.3. The predicted molar refractivity (Wildman–Crippen MR) is 71.6 cm³/mol. The first-order chi connectivity index (χ1) is 7.86. The molecule has 2 aliphatic rings. The van der Waals surface area contributed by atoms with Gasteiger partial charge in [-0.25, -0.2) is 0 Å². The van der Waals surface area contributed by atoms with E-state index >= 15 is 0 Å². The molecule has 1 N–H and O–H groups in total. The molecule has 2 aliphatic heterocycles. The van der Waals surface area contributed by atoms with E-state index < -0.39 is 0 Å². The highest BCUT2D eigenvalue weighted by Gasteiger charge is 2.36. The molecule has 17 heavy (non-hydrogen) atoms. The summed E-state index contributed by atoms with van der Waals surface area (Å²) in [5.41, 5.74) is 1.32. The fourth-order valence-electron chi connectivity index (χ4n) is 2.54. The third kappa shape index (κ3) is 2.34. The first-order valence-corrected chi connectivity index (χ1v) is 6.84. The monoisotopic (exact) mass is 272 g/mol. The fraction of sp³-hybridized carbons (Fsp3) is 0.583. The Morgan fingerprint density at radius 3 is 2.88 bits per heavy atom. The molecule has 3 nitrogen and oxygen atoms in total. The molecule has 0 bridgehead atoms. The number of nitrogens with one attached hydrogen (secondary N) is 1. The van der Waals surface area contributed by atoms with Crippen LogP contribution < -0.4 is 5.32 Å². The van der Waals surface area contributed by atoms with Crippen LogP contribution >= 0.6 is 23.7 Å². The van der Waals surface area contributed by atoms with Gasteiger partial charge in [-0.2, -0.15) is 11.3 Å². The summed E-state index contributed by atoms with van der Waals surface area (Å²) in [6.07, 6.45) is 2.27. The molecule has 94 valence electrons. The van der Waals surface area contributed by atoms with Gasteiger partial charge in [0.25, 0.3) is 0 Å². The number of rotatable bonds is 2. The maximum absolute atomic E-state index is 12.2. The van der Waals surface area contributed by atoms with Crippen LogP contribution in [0.4, 0.5) is 0 Å². The standard InChI is InChI=1S/C12H16N2OS.ClH/c15-12(10-6-13-7-10)14-4-1-2-11(14)9-3-5-16-8-9;/h3,5,8,10-11,13H,1-2,4,6-7H2;1H. The predicted octanol–water partition coefficient (Wildman–Crippen LogP) is 2.05. The van der Waals surface area contributed by atoms with E-state index in [1.165, 1.54) is 5.56 Å². The number of likely N-dealkylation sites (tertiary alicyclic amines) is 1. The summed E-state index contributed by atoms with van der Waals surface area (Å²) in [6, 6.07) is 2.50. The molecule has 2 saturated heterocycles. The summed E-state index contributed by atoms with van der Waals surface area (Å²) in [5, 5.41) is 7.44. The highest BCUT2D eigenvalue weighted by molar-refractivity contribution is 7.07. The van der Waals surface area contributed by atoms with Gasteiger partial charge in [0.1, 0.15) is 0 Å². The first kappa shape index (κ1) is 12.9. The van der Waals surface area contributed by atoms with E-state index in [-0.39, 0.29) is 18.3 Å². The Bertz CT molecular complexity index is 378. The summed E-state index contributed by atoms with van der Waals surface area (Å²) in [5.74, 6) is 0.590. The minimum absolute atomic E-state index is 0. The molecule has 5 heteroatoms. The summed E-state index contributed by atoms with van der Waals surface area (Å²) < 4.78 is 0. The second kappa shape index (κ2) is 5.38. The quantitative estimate of drug-likeness (QED) is 0.894. The molecule has 1 aromatic heterocycles. The molecule has 2 fully saturated rings. The number of amides is 1. The number of hydrogen-bond donors (Lipinski definition) is 1. The number of thiophene rings is 1. The van der Waals surface area contributed by atoms with Crippen molar-refractivity contribution >= 4 is 29.7 Å². The van der Waals surface area contributed by atoms with Gasteiger partial charge in [-0.05, 0) is 35.2 Å². The average molecular weight is 273 g/mol. The van der Waals surface area contributed by atoms with Crippen molar-refractivity contribution in [1.82, 2.24) is 10.2 Å². The van der Waals surface area contributed by atoms with Crippen molar-refractivity contribution in [2.24, 2.45) is 5.92 Å². The normalized spacial score (nSPS) is 24.2. The number of halogens is 1. The summed E-state index contributed by atoms with van der Waals surface area (Å²) in [7, 11) is 0. The molecule has 1 atom stereocenters. The van der Waals surface area contributed by atoms with Crippen molar-refractivity contribution in [1.29, 1.82) is 0 Å². The van der Waals surface area contributed by atoms with Crippen molar-refractivity contribution in [3.05, 3.63) is 22.4 Å². The number of carbonyl (C=O) groups is 1. The third-order valence-electron chi connectivity index (χ3n) is 3.59. The largest absolute Gasteiger partial charge is 0.335 e. The SMILES string of the molecule is Cl.O=C(C1CNC1)N1CCCC1c1ccsc1. The van der Waals surface area contributed by atoms with E-state index in [0.717, 1.165) is 32.5 Å². The third-order valence-corrected chi connectivity index (χ3v) is 4.30.